The van der Waals surface area contributed by atoms with Crippen molar-refractivity contribution in [2.24, 2.45) is 0 Å². The highest BCUT2D eigenvalue weighted by Crippen LogP contribution is 2.31. The maximum atomic E-state index is 12.7. The molecule has 0 spiro atoms. The van der Waals surface area contributed by atoms with Crippen LogP contribution >= 0.6 is 47.2 Å². The van der Waals surface area contributed by atoms with Crippen LogP contribution in [-0.4, -0.2) is 21.1 Å². The van der Waals surface area contributed by atoms with Gasteiger partial charge in [0.05, 0.1) is 15.5 Å². The lowest BCUT2D eigenvalue weighted by Gasteiger charge is -2.16. The maximum absolute atomic E-state index is 12.7. The van der Waals surface area contributed by atoms with Crippen LogP contribution in [0.2, 0.25) is 10.0 Å². The van der Waals surface area contributed by atoms with Crippen LogP contribution in [0.15, 0.2) is 65.1 Å². The molecule has 1 N–H and O–H groups in total. The summed E-state index contributed by atoms with van der Waals surface area (Å²) in [6, 6.07) is 14.3. The molecular weight excluding hydrogens is 435 g/mol. The molecule has 1 fully saturated rings. The van der Waals surface area contributed by atoms with Gasteiger partial charge in [0, 0.05) is 5.02 Å². The lowest BCUT2D eigenvalue weighted by atomic mass is 10.1. The largest absolute Gasteiger partial charge is 0.285 e. The Morgan fingerprint density at radius 1 is 1.18 bits per heavy atom. The van der Waals surface area contributed by atoms with Crippen LogP contribution in [0.3, 0.4) is 0 Å². The van der Waals surface area contributed by atoms with Crippen LogP contribution in [0.25, 0.3) is 6.08 Å². The monoisotopic (exact) mass is 448 g/mol. The average molecular weight is 449 g/mol. The Labute approximate surface area is 182 Å². The molecule has 0 radical (unpaired) electrons. The number of hydrogen-bond acceptors (Lipinski definition) is 4. The van der Waals surface area contributed by atoms with Gasteiger partial charge >= 0.3 is 0 Å². The highest BCUT2D eigenvalue weighted by Gasteiger charge is 2.34. The van der Waals surface area contributed by atoms with Gasteiger partial charge in [0.25, 0.3) is 11.8 Å². The van der Waals surface area contributed by atoms with E-state index in [0.717, 1.165) is 27.9 Å². The van der Waals surface area contributed by atoms with Crippen molar-refractivity contribution in [2.45, 2.75) is 6.92 Å². The van der Waals surface area contributed by atoms with Gasteiger partial charge < -0.3 is 0 Å². The highest BCUT2D eigenvalue weighted by molar-refractivity contribution is 8.26. The third-order valence-electron chi connectivity index (χ3n) is 3.74. The fourth-order valence-electron chi connectivity index (χ4n) is 2.46. The molecule has 28 heavy (non-hydrogen) atoms. The van der Waals surface area contributed by atoms with Crippen LogP contribution in [0, 0.1) is 0 Å². The van der Waals surface area contributed by atoms with Gasteiger partial charge in [-0.3, -0.25) is 15.0 Å². The second-order valence-electron chi connectivity index (χ2n) is 5.88. The molecule has 4 nitrogen and oxygen atoms in total. The van der Waals surface area contributed by atoms with Crippen molar-refractivity contribution >= 4 is 69.4 Å². The Bertz CT molecular complexity index is 1020. The van der Waals surface area contributed by atoms with Gasteiger partial charge in [0.2, 0.25) is 0 Å². The molecule has 3 rings (SSSR count). The van der Waals surface area contributed by atoms with Crippen LogP contribution < -0.4 is 5.43 Å². The number of allylic oxidation sites excluding steroid dienone is 2. The molecule has 142 valence electrons. The Morgan fingerprint density at radius 3 is 2.57 bits per heavy atom. The summed E-state index contributed by atoms with van der Waals surface area (Å²) in [4.78, 5) is 25.6. The van der Waals surface area contributed by atoms with Crippen molar-refractivity contribution in [3.8, 4) is 0 Å². The average Bonchev–Trinajstić information content (AvgIpc) is 2.89. The molecule has 1 aliphatic rings. The van der Waals surface area contributed by atoms with E-state index in [2.05, 4.69) is 5.43 Å². The summed E-state index contributed by atoms with van der Waals surface area (Å²) >= 11 is 18.3. The number of carbonyl (C=O) groups is 2. The van der Waals surface area contributed by atoms with Gasteiger partial charge in [0.1, 0.15) is 0 Å². The summed E-state index contributed by atoms with van der Waals surface area (Å²) in [7, 11) is 0. The Morgan fingerprint density at radius 2 is 1.89 bits per heavy atom. The number of nitrogens with one attached hydrogen (secondary N) is 1. The third-order valence-corrected chi connectivity index (χ3v) is 5.59. The molecule has 2 amide bonds. The van der Waals surface area contributed by atoms with E-state index in [9.17, 15) is 9.59 Å². The predicted molar refractivity (Wildman–Crippen MR) is 119 cm³/mol. The lowest BCUT2D eigenvalue weighted by molar-refractivity contribution is -0.123. The summed E-state index contributed by atoms with van der Waals surface area (Å²) in [5.74, 6) is -0.940. The van der Waals surface area contributed by atoms with Gasteiger partial charge in [0.15, 0.2) is 4.32 Å². The SMILES string of the molecule is CC(=Cc1ccccc1)C=C1SC(=S)N(NC(=O)c2ccc(Cl)cc2Cl)C1=O. The van der Waals surface area contributed by atoms with Crippen LogP contribution in [0.4, 0.5) is 0 Å². The number of nitrogens with zero attached hydrogens (tertiary/aromatic N) is 1. The molecule has 0 bridgehead atoms. The minimum Gasteiger partial charge on any atom is -0.267 e. The lowest BCUT2D eigenvalue weighted by Crippen LogP contribution is -2.44. The molecule has 0 aromatic heterocycles. The number of hydrazine groups is 1. The minimum atomic E-state index is -0.546. The number of hydrogen-bond donors (Lipinski definition) is 1. The second kappa shape index (κ2) is 8.92. The summed E-state index contributed by atoms with van der Waals surface area (Å²) < 4.78 is 0.238. The van der Waals surface area contributed by atoms with E-state index in [1.165, 1.54) is 12.1 Å². The number of thioether (sulfide) groups is 1. The zero-order chi connectivity index (χ0) is 20.3. The van der Waals surface area contributed by atoms with Gasteiger partial charge in [-0.05, 0) is 54.6 Å². The van der Waals surface area contributed by atoms with E-state index in [1.807, 2.05) is 43.3 Å². The Hall–Kier alpha value is -2.12. The number of thiocarbonyl (C=S) groups is 1. The fourth-order valence-corrected chi connectivity index (χ4v) is 4.18. The van der Waals surface area contributed by atoms with E-state index in [0.29, 0.717) is 9.93 Å². The number of rotatable bonds is 4. The van der Waals surface area contributed by atoms with E-state index >= 15 is 0 Å². The van der Waals surface area contributed by atoms with E-state index in [-0.39, 0.29) is 14.9 Å². The first kappa shape index (κ1) is 20.6. The number of amides is 2. The molecule has 0 aliphatic carbocycles. The number of benzene rings is 2. The van der Waals surface area contributed by atoms with Crippen molar-refractivity contribution in [3.63, 3.8) is 0 Å². The van der Waals surface area contributed by atoms with Crippen LogP contribution in [-0.2, 0) is 4.79 Å². The number of halogens is 2. The minimum absolute atomic E-state index is 0.188. The summed E-state index contributed by atoms with van der Waals surface area (Å²) in [6.07, 6.45) is 3.70. The molecule has 0 saturated carbocycles. The van der Waals surface area contributed by atoms with Gasteiger partial charge in [-0.15, -0.1) is 0 Å². The van der Waals surface area contributed by atoms with Crippen LogP contribution in [0.5, 0.6) is 0 Å². The van der Waals surface area contributed by atoms with Crippen molar-refractivity contribution in [1.82, 2.24) is 10.4 Å². The highest BCUT2D eigenvalue weighted by atomic mass is 35.5. The molecule has 0 atom stereocenters. The molecule has 2 aromatic rings. The zero-order valence-electron chi connectivity index (χ0n) is 14.6. The molecule has 1 aliphatic heterocycles. The molecule has 1 saturated heterocycles. The first-order valence-electron chi connectivity index (χ1n) is 8.12. The normalized spacial score (nSPS) is 16.0. The smallest absolute Gasteiger partial charge is 0.267 e. The van der Waals surface area contributed by atoms with Crippen molar-refractivity contribution in [3.05, 3.63) is 86.3 Å². The van der Waals surface area contributed by atoms with Gasteiger partial charge in [-0.2, -0.15) is 5.01 Å². The molecular formula is C20H14Cl2N2O2S2. The van der Waals surface area contributed by atoms with Gasteiger partial charge in [-0.1, -0.05) is 71.4 Å². The first-order valence-corrected chi connectivity index (χ1v) is 10.1. The molecule has 8 heteroatoms. The third kappa shape index (κ3) is 4.83. The molecule has 1 heterocycles. The summed E-state index contributed by atoms with van der Waals surface area (Å²) in [5.41, 5.74) is 4.61. The predicted octanol–water partition coefficient (Wildman–Crippen LogP) is 5.49. The van der Waals surface area contributed by atoms with Crippen molar-refractivity contribution in [2.75, 3.05) is 0 Å². The Kier molecular flexibility index (Phi) is 6.57. The van der Waals surface area contributed by atoms with E-state index < -0.39 is 11.8 Å². The first-order chi connectivity index (χ1) is 13.3. The maximum Gasteiger partial charge on any atom is 0.285 e. The summed E-state index contributed by atoms with van der Waals surface area (Å²) in [6.45, 7) is 1.89. The van der Waals surface area contributed by atoms with Crippen molar-refractivity contribution < 1.29 is 9.59 Å². The quantitative estimate of drug-likeness (QED) is 0.496. The Balaban J connectivity index is 1.76. The fraction of sp³-hybridized carbons (Fsp3) is 0.0500. The second-order valence-corrected chi connectivity index (χ2v) is 8.40. The molecule has 0 unspecified atom stereocenters. The van der Waals surface area contributed by atoms with E-state index in [4.69, 9.17) is 35.4 Å². The van der Waals surface area contributed by atoms with Crippen molar-refractivity contribution in [1.29, 1.82) is 0 Å². The van der Waals surface area contributed by atoms with Crippen LogP contribution in [0.1, 0.15) is 22.8 Å². The zero-order valence-corrected chi connectivity index (χ0v) is 17.8. The topological polar surface area (TPSA) is 49.4 Å². The van der Waals surface area contributed by atoms with Gasteiger partial charge in [-0.25, -0.2) is 0 Å². The molecule has 2 aromatic carbocycles. The summed E-state index contributed by atoms with van der Waals surface area (Å²) in [5, 5.41) is 1.65. The van der Waals surface area contributed by atoms with E-state index in [1.54, 1.807) is 12.1 Å². The number of carbonyl (C=O) groups excluding carboxylic acids is 2. The standard InChI is InChI=1S/C20H14Cl2N2O2S2/c1-12(9-13-5-3-2-4-6-13)10-17-19(26)24(20(27)28-17)23-18(25)15-8-7-14(21)11-16(15)22/h2-11H,1H3,(H,23,25).